The average molecular weight is 315 g/mol. The summed E-state index contributed by atoms with van der Waals surface area (Å²) in [5.74, 6) is -0.351. The maximum Gasteiger partial charge on any atom is 0.320 e. The van der Waals surface area contributed by atoms with E-state index in [9.17, 15) is 14.9 Å². The van der Waals surface area contributed by atoms with Crippen LogP contribution in [0.3, 0.4) is 0 Å². The number of hydrogen-bond acceptors (Lipinski definition) is 5. The summed E-state index contributed by atoms with van der Waals surface area (Å²) in [6.45, 7) is 6.20. The molecule has 21 heavy (non-hydrogen) atoms. The zero-order valence-corrected chi connectivity index (χ0v) is 13.1. The summed E-state index contributed by atoms with van der Waals surface area (Å²) in [4.78, 5) is 24.0. The highest BCUT2D eigenvalue weighted by molar-refractivity contribution is 6.30. The maximum absolute atomic E-state index is 11.6. The molecule has 1 rings (SSSR count). The first kappa shape index (κ1) is 17.4. The van der Waals surface area contributed by atoms with E-state index in [0.29, 0.717) is 17.2 Å². The molecular weight excluding hydrogens is 296 g/mol. The Morgan fingerprint density at radius 3 is 2.67 bits per heavy atom. The molecule has 0 unspecified atom stereocenters. The number of nitro groups is 1. The fourth-order valence-corrected chi connectivity index (χ4v) is 2.07. The van der Waals surface area contributed by atoms with E-state index in [1.165, 1.54) is 12.1 Å². The normalized spacial score (nSPS) is 11.0. The third-order valence-electron chi connectivity index (χ3n) is 2.98. The highest BCUT2D eigenvalue weighted by Crippen LogP contribution is 2.24. The van der Waals surface area contributed by atoms with Gasteiger partial charge in [-0.2, -0.15) is 0 Å². The van der Waals surface area contributed by atoms with Gasteiger partial charge in [-0.3, -0.25) is 19.8 Å². The molecule has 0 atom stereocenters. The van der Waals surface area contributed by atoms with E-state index in [0.717, 1.165) is 0 Å². The monoisotopic (exact) mass is 314 g/mol. The Kier molecular flexibility index (Phi) is 6.58. The zero-order chi connectivity index (χ0) is 16.0. The molecule has 0 heterocycles. The van der Waals surface area contributed by atoms with Gasteiger partial charge in [0.05, 0.1) is 18.1 Å². The van der Waals surface area contributed by atoms with Crippen LogP contribution < -0.4 is 0 Å². The molecule has 0 fully saturated rings. The van der Waals surface area contributed by atoms with Gasteiger partial charge in [0.15, 0.2) is 0 Å². The van der Waals surface area contributed by atoms with E-state index in [-0.39, 0.29) is 30.8 Å². The summed E-state index contributed by atoms with van der Waals surface area (Å²) in [5, 5.41) is 11.5. The van der Waals surface area contributed by atoms with Gasteiger partial charge in [-0.25, -0.2) is 0 Å². The molecule has 6 nitrogen and oxygen atoms in total. The van der Waals surface area contributed by atoms with Gasteiger partial charge in [0, 0.05) is 29.2 Å². The number of carbonyl (C=O) groups excluding carboxylic acids is 1. The average Bonchev–Trinajstić information content (AvgIpc) is 2.37. The van der Waals surface area contributed by atoms with Crippen LogP contribution in [0.4, 0.5) is 5.69 Å². The van der Waals surface area contributed by atoms with Crippen LogP contribution >= 0.6 is 11.6 Å². The number of nitrogens with zero attached hydrogens (tertiary/aromatic N) is 2. The lowest BCUT2D eigenvalue weighted by molar-refractivity contribution is -0.385. The van der Waals surface area contributed by atoms with E-state index in [1.54, 1.807) is 17.9 Å². The van der Waals surface area contributed by atoms with Gasteiger partial charge in [0.2, 0.25) is 0 Å². The molecule has 1 aromatic rings. The minimum Gasteiger partial charge on any atom is -0.465 e. The minimum atomic E-state index is -0.450. The van der Waals surface area contributed by atoms with Crippen LogP contribution in [0.25, 0.3) is 0 Å². The molecule has 7 heteroatoms. The second kappa shape index (κ2) is 7.95. The molecule has 1 aromatic carbocycles. The lowest BCUT2D eigenvalue weighted by Crippen LogP contribution is -2.36. The van der Waals surface area contributed by atoms with E-state index in [1.807, 2.05) is 13.8 Å². The molecule has 0 bridgehead atoms. The largest absolute Gasteiger partial charge is 0.465 e. The first-order valence-electron chi connectivity index (χ1n) is 6.67. The van der Waals surface area contributed by atoms with E-state index in [4.69, 9.17) is 16.3 Å². The predicted octanol–water partition coefficient (Wildman–Crippen LogP) is 3.02. The molecule has 116 valence electrons. The molecular formula is C14H19ClN2O4. The van der Waals surface area contributed by atoms with Crippen LogP contribution in [0.1, 0.15) is 26.3 Å². The fourth-order valence-electron chi connectivity index (χ4n) is 1.87. The number of carbonyl (C=O) groups is 1. The van der Waals surface area contributed by atoms with E-state index < -0.39 is 4.92 Å². The van der Waals surface area contributed by atoms with Crippen molar-refractivity contribution in [2.75, 3.05) is 13.2 Å². The Labute approximate surface area is 128 Å². The minimum absolute atomic E-state index is 0.00564. The molecule has 0 amide bonds. The van der Waals surface area contributed by atoms with Crippen LogP contribution in [0.2, 0.25) is 5.02 Å². The third-order valence-corrected chi connectivity index (χ3v) is 3.21. The number of halogens is 1. The van der Waals surface area contributed by atoms with Crippen LogP contribution in [-0.4, -0.2) is 35.0 Å². The van der Waals surface area contributed by atoms with Gasteiger partial charge in [-0.15, -0.1) is 0 Å². The van der Waals surface area contributed by atoms with Crippen molar-refractivity contribution >= 4 is 23.3 Å². The molecule has 0 N–H and O–H groups in total. The first-order valence-corrected chi connectivity index (χ1v) is 7.05. The van der Waals surface area contributed by atoms with Gasteiger partial charge < -0.3 is 4.74 Å². The van der Waals surface area contributed by atoms with Gasteiger partial charge in [-0.1, -0.05) is 11.6 Å². The Morgan fingerprint density at radius 2 is 2.14 bits per heavy atom. The molecule has 0 saturated carbocycles. The standard InChI is InChI=1S/C14H19ClN2O4/c1-4-21-14(18)9-16(10(2)3)8-11-7-12(15)5-6-13(11)17(19)20/h5-7,10H,4,8-9H2,1-3H3. The van der Waals surface area contributed by atoms with E-state index in [2.05, 4.69) is 0 Å². The van der Waals surface area contributed by atoms with Crippen LogP contribution in [0, 0.1) is 10.1 Å². The summed E-state index contributed by atoms with van der Waals surface area (Å²) in [7, 11) is 0. The summed E-state index contributed by atoms with van der Waals surface area (Å²) >= 11 is 5.91. The number of ether oxygens (including phenoxy) is 1. The first-order chi connectivity index (χ1) is 9.85. The van der Waals surface area contributed by atoms with Crippen molar-refractivity contribution in [2.45, 2.75) is 33.4 Å². The summed E-state index contributed by atoms with van der Waals surface area (Å²) in [6.07, 6.45) is 0. The van der Waals surface area contributed by atoms with Gasteiger partial charge in [-0.05, 0) is 32.9 Å². The molecule has 0 radical (unpaired) electrons. The Balaban J connectivity index is 2.96. The number of benzene rings is 1. The SMILES string of the molecule is CCOC(=O)CN(Cc1cc(Cl)ccc1[N+](=O)[O-])C(C)C. The quantitative estimate of drug-likeness (QED) is 0.439. The maximum atomic E-state index is 11.6. The number of nitro benzene ring substituents is 1. The van der Waals surface area contributed by atoms with Crippen molar-refractivity contribution in [3.8, 4) is 0 Å². The molecule has 0 aliphatic carbocycles. The Bertz CT molecular complexity index is 520. The number of esters is 1. The lowest BCUT2D eigenvalue weighted by Gasteiger charge is -2.25. The number of hydrogen-bond donors (Lipinski definition) is 0. The highest BCUT2D eigenvalue weighted by Gasteiger charge is 2.21. The topological polar surface area (TPSA) is 72.7 Å². The van der Waals surface area contributed by atoms with Gasteiger partial charge >= 0.3 is 5.97 Å². The fraction of sp³-hybridized carbons (Fsp3) is 0.500. The predicted molar refractivity (Wildman–Crippen MR) is 80.3 cm³/mol. The Hall–Kier alpha value is -1.66. The smallest absolute Gasteiger partial charge is 0.320 e. The van der Waals surface area contributed by atoms with Crippen molar-refractivity contribution < 1.29 is 14.5 Å². The number of rotatable bonds is 7. The van der Waals surface area contributed by atoms with Crippen molar-refractivity contribution in [2.24, 2.45) is 0 Å². The molecule has 0 aromatic heterocycles. The van der Waals surface area contributed by atoms with Crippen LogP contribution in [-0.2, 0) is 16.1 Å². The summed E-state index contributed by atoms with van der Waals surface area (Å²) in [5.41, 5.74) is 0.472. The highest BCUT2D eigenvalue weighted by atomic mass is 35.5. The molecule has 0 spiro atoms. The van der Waals surface area contributed by atoms with Gasteiger partial charge in [0.25, 0.3) is 5.69 Å². The van der Waals surface area contributed by atoms with Crippen LogP contribution in [0.5, 0.6) is 0 Å². The molecule has 0 saturated heterocycles. The van der Waals surface area contributed by atoms with Crippen molar-refractivity contribution in [3.05, 3.63) is 38.9 Å². The van der Waals surface area contributed by atoms with Gasteiger partial charge in [0.1, 0.15) is 0 Å². The summed E-state index contributed by atoms with van der Waals surface area (Å²) < 4.78 is 4.92. The van der Waals surface area contributed by atoms with Crippen molar-refractivity contribution in [1.29, 1.82) is 0 Å². The summed E-state index contributed by atoms with van der Waals surface area (Å²) in [6, 6.07) is 4.45. The molecule has 0 aliphatic heterocycles. The Morgan fingerprint density at radius 1 is 1.48 bits per heavy atom. The second-order valence-corrected chi connectivity index (χ2v) is 5.27. The lowest BCUT2D eigenvalue weighted by atomic mass is 10.1. The zero-order valence-electron chi connectivity index (χ0n) is 12.3. The third kappa shape index (κ3) is 5.32. The second-order valence-electron chi connectivity index (χ2n) is 4.83. The van der Waals surface area contributed by atoms with Crippen molar-refractivity contribution in [1.82, 2.24) is 4.90 Å². The molecule has 0 aliphatic rings. The van der Waals surface area contributed by atoms with Crippen molar-refractivity contribution in [3.63, 3.8) is 0 Å². The van der Waals surface area contributed by atoms with Crippen LogP contribution in [0.15, 0.2) is 18.2 Å². The van der Waals surface area contributed by atoms with E-state index >= 15 is 0 Å².